The number of aliphatic hydroxyl groups is 1. The van der Waals surface area contributed by atoms with Crippen molar-refractivity contribution >= 4 is 5.97 Å². The molecule has 1 atom stereocenters. The van der Waals surface area contributed by atoms with E-state index in [1.54, 1.807) is 0 Å². The van der Waals surface area contributed by atoms with Gasteiger partial charge in [-0.15, -0.1) is 0 Å². The maximum atomic E-state index is 10.9. The van der Waals surface area contributed by atoms with Gasteiger partial charge in [-0.05, 0) is 19.8 Å². The molecule has 22 heavy (non-hydrogen) atoms. The Hall–Kier alpha value is -0.570. The van der Waals surface area contributed by atoms with E-state index in [0.29, 0.717) is 6.42 Å². The fraction of sp³-hybridized carbons (Fsp3) is 0.947. The number of unbranched alkanes of at least 4 members (excludes halogenated alkanes) is 12. The van der Waals surface area contributed by atoms with Crippen molar-refractivity contribution in [2.45, 2.75) is 109 Å². The van der Waals surface area contributed by atoms with Gasteiger partial charge in [-0.1, -0.05) is 77.0 Å². The quantitative estimate of drug-likeness (QED) is 0.307. The Bertz CT molecular complexity index is 239. The van der Waals surface area contributed by atoms with Crippen molar-refractivity contribution in [2.75, 3.05) is 7.11 Å². The molecule has 0 aliphatic carbocycles. The largest absolute Gasteiger partial charge is 0.469 e. The van der Waals surface area contributed by atoms with E-state index >= 15 is 0 Å². The van der Waals surface area contributed by atoms with Crippen LogP contribution in [0.15, 0.2) is 0 Å². The molecule has 0 aromatic heterocycles. The molecule has 1 N–H and O–H groups in total. The molecule has 0 aromatic rings. The van der Waals surface area contributed by atoms with E-state index < -0.39 is 0 Å². The van der Waals surface area contributed by atoms with E-state index in [-0.39, 0.29) is 12.1 Å². The van der Waals surface area contributed by atoms with Gasteiger partial charge in [-0.25, -0.2) is 0 Å². The van der Waals surface area contributed by atoms with Crippen LogP contribution < -0.4 is 0 Å². The monoisotopic (exact) mass is 314 g/mol. The van der Waals surface area contributed by atoms with Gasteiger partial charge in [0.2, 0.25) is 0 Å². The molecule has 0 heterocycles. The van der Waals surface area contributed by atoms with Crippen LogP contribution in [-0.2, 0) is 9.53 Å². The van der Waals surface area contributed by atoms with Crippen molar-refractivity contribution < 1.29 is 14.6 Å². The predicted molar refractivity (Wildman–Crippen MR) is 93.0 cm³/mol. The molecule has 0 spiro atoms. The van der Waals surface area contributed by atoms with Gasteiger partial charge >= 0.3 is 5.97 Å². The molecular formula is C19H38O3. The van der Waals surface area contributed by atoms with Crippen molar-refractivity contribution in [3.8, 4) is 0 Å². The summed E-state index contributed by atoms with van der Waals surface area (Å²) in [5, 5.41) is 9.16. The zero-order valence-corrected chi connectivity index (χ0v) is 14.9. The third-order valence-corrected chi connectivity index (χ3v) is 4.23. The van der Waals surface area contributed by atoms with Crippen LogP contribution in [0.25, 0.3) is 0 Å². The highest BCUT2D eigenvalue weighted by Gasteiger charge is 1.99. The topological polar surface area (TPSA) is 46.5 Å². The lowest BCUT2D eigenvalue weighted by molar-refractivity contribution is -0.140. The molecule has 0 rings (SSSR count). The Balaban J connectivity index is 3.01. The Kier molecular flexibility index (Phi) is 16.4. The lowest BCUT2D eigenvalue weighted by Crippen LogP contribution is -1.99. The molecule has 0 unspecified atom stereocenters. The van der Waals surface area contributed by atoms with E-state index in [0.717, 1.165) is 19.3 Å². The molecule has 0 aromatic carbocycles. The molecule has 0 saturated heterocycles. The van der Waals surface area contributed by atoms with Gasteiger partial charge in [-0.3, -0.25) is 4.79 Å². The minimum Gasteiger partial charge on any atom is -0.469 e. The van der Waals surface area contributed by atoms with Crippen LogP contribution in [0.2, 0.25) is 0 Å². The summed E-state index contributed by atoms with van der Waals surface area (Å²) in [5.74, 6) is -0.0779. The Morgan fingerprint density at radius 1 is 0.773 bits per heavy atom. The molecule has 132 valence electrons. The van der Waals surface area contributed by atoms with E-state index in [4.69, 9.17) is 5.11 Å². The van der Waals surface area contributed by atoms with Gasteiger partial charge in [0.25, 0.3) is 0 Å². The first-order valence-corrected chi connectivity index (χ1v) is 9.41. The number of rotatable bonds is 16. The van der Waals surface area contributed by atoms with Crippen LogP contribution >= 0.6 is 0 Å². The van der Waals surface area contributed by atoms with Gasteiger partial charge in [0.1, 0.15) is 0 Å². The van der Waals surface area contributed by atoms with E-state index in [1.165, 1.54) is 77.7 Å². The summed E-state index contributed by atoms with van der Waals surface area (Å²) in [4.78, 5) is 10.9. The SMILES string of the molecule is COC(=O)CCCCCCCCCCCCCCC[C@H](C)O. The summed E-state index contributed by atoms with van der Waals surface area (Å²) >= 11 is 0. The zero-order chi connectivity index (χ0) is 16.5. The molecule has 0 saturated carbocycles. The van der Waals surface area contributed by atoms with E-state index in [1.807, 2.05) is 6.92 Å². The Morgan fingerprint density at radius 3 is 1.50 bits per heavy atom. The molecular weight excluding hydrogens is 276 g/mol. The van der Waals surface area contributed by atoms with Gasteiger partial charge in [0, 0.05) is 6.42 Å². The summed E-state index contributed by atoms with van der Waals surface area (Å²) in [5.41, 5.74) is 0. The summed E-state index contributed by atoms with van der Waals surface area (Å²) in [6.45, 7) is 1.87. The van der Waals surface area contributed by atoms with Gasteiger partial charge in [0.05, 0.1) is 13.2 Å². The number of esters is 1. The summed E-state index contributed by atoms with van der Waals surface area (Å²) in [7, 11) is 1.46. The molecule has 0 amide bonds. The molecule has 3 heteroatoms. The van der Waals surface area contributed by atoms with Gasteiger partial charge in [-0.2, -0.15) is 0 Å². The van der Waals surface area contributed by atoms with Crippen molar-refractivity contribution in [1.82, 2.24) is 0 Å². The first-order chi connectivity index (χ1) is 10.7. The second-order valence-corrected chi connectivity index (χ2v) is 6.56. The Labute approximate surface area is 137 Å². The second kappa shape index (κ2) is 16.8. The van der Waals surface area contributed by atoms with Crippen molar-refractivity contribution in [3.05, 3.63) is 0 Å². The van der Waals surface area contributed by atoms with Crippen LogP contribution in [0.5, 0.6) is 0 Å². The molecule has 0 aliphatic rings. The lowest BCUT2D eigenvalue weighted by atomic mass is 10.0. The van der Waals surface area contributed by atoms with Crippen molar-refractivity contribution in [1.29, 1.82) is 0 Å². The molecule has 0 radical (unpaired) electrons. The molecule has 3 nitrogen and oxygen atoms in total. The first-order valence-electron chi connectivity index (χ1n) is 9.41. The number of methoxy groups -OCH3 is 1. The average Bonchev–Trinajstić information content (AvgIpc) is 2.50. The standard InChI is InChI=1S/C19H38O3/c1-18(20)16-14-12-10-8-6-4-3-5-7-9-11-13-15-17-19(21)22-2/h18,20H,3-17H2,1-2H3/t18-/m0/s1. The highest BCUT2D eigenvalue weighted by molar-refractivity contribution is 5.68. The molecule has 0 bridgehead atoms. The van der Waals surface area contributed by atoms with Crippen LogP contribution in [0.1, 0.15) is 103 Å². The van der Waals surface area contributed by atoms with Crippen LogP contribution in [0.3, 0.4) is 0 Å². The summed E-state index contributed by atoms with van der Waals surface area (Å²) in [6, 6.07) is 0. The average molecular weight is 315 g/mol. The number of carbonyl (C=O) groups is 1. The minimum absolute atomic E-state index is 0.0779. The second-order valence-electron chi connectivity index (χ2n) is 6.56. The number of carbonyl (C=O) groups excluding carboxylic acids is 1. The minimum atomic E-state index is -0.125. The number of hydrogen-bond donors (Lipinski definition) is 1. The zero-order valence-electron chi connectivity index (χ0n) is 14.9. The van der Waals surface area contributed by atoms with Crippen molar-refractivity contribution in [3.63, 3.8) is 0 Å². The summed E-state index contributed by atoms with van der Waals surface area (Å²) < 4.78 is 4.62. The number of ether oxygens (including phenoxy) is 1. The van der Waals surface area contributed by atoms with Gasteiger partial charge in [0.15, 0.2) is 0 Å². The van der Waals surface area contributed by atoms with Crippen LogP contribution in [0, 0.1) is 0 Å². The van der Waals surface area contributed by atoms with Gasteiger partial charge < -0.3 is 9.84 Å². The van der Waals surface area contributed by atoms with Crippen molar-refractivity contribution in [2.24, 2.45) is 0 Å². The number of aliphatic hydroxyl groups excluding tert-OH is 1. The maximum Gasteiger partial charge on any atom is 0.305 e. The van der Waals surface area contributed by atoms with E-state index in [9.17, 15) is 4.79 Å². The fourth-order valence-corrected chi connectivity index (χ4v) is 2.76. The smallest absolute Gasteiger partial charge is 0.305 e. The molecule has 0 aliphatic heterocycles. The third kappa shape index (κ3) is 17.5. The first kappa shape index (κ1) is 21.4. The third-order valence-electron chi connectivity index (χ3n) is 4.23. The van der Waals surface area contributed by atoms with Crippen LogP contribution in [0.4, 0.5) is 0 Å². The summed E-state index contributed by atoms with van der Waals surface area (Å²) in [6.07, 6.45) is 18.0. The highest BCUT2D eigenvalue weighted by Crippen LogP contribution is 2.13. The predicted octanol–water partition coefficient (Wildman–Crippen LogP) is 5.39. The number of hydrogen-bond acceptors (Lipinski definition) is 3. The van der Waals surface area contributed by atoms with E-state index in [2.05, 4.69) is 4.74 Å². The normalized spacial score (nSPS) is 12.3. The maximum absolute atomic E-state index is 10.9. The van der Waals surface area contributed by atoms with Crippen LogP contribution in [-0.4, -0.2) is 24.3 Å². The fourth-order valence-electron chi connectivity index (χ4n) is 2.76. The molecule has 0 fully saturated rings. The highest BCUT2D eigenvalue weighted by atomic mass is 16.5. The Morgan fingerprint density at radius 2 is 1.14 bits per heavy atom. The lowest BCUT2D eigenvalue weighted by Gasteiger charge is -2.04.